The standard InChI is InChI=1S/C14H20BrNSSi/c1-18(2,3)11-14(9-15)10-17-13(16-14)12-7-5-4-6-8-12/h4-8H,9-11H2,1-3H3. The van der Waals surface area contributed by atoms with Crippen LogP contribution in [0.3, 0.4) is 0 Å². The highest BCUT2D eigenvalue weighted by molar-refractivity contribution is 9.09. The fourth-order valence-corrected chi connectivity index (χ4v) is 7.27. The Bertz CT molecular complexity index is 441. The van der Waals surface area contributed by atoms with Crippen molar-refractivity contribution in [3.63, 3.8) is 0 Å². The molecule has 1 heterocycles. The molecule has 0 radical (unpaired) electrons. The lowest BCUT2D eigenvalue weighted by atomic mass is 10.1. The molecule has 0 amide bonds. The molecule has 4 heteroatoms. The molecule has 0 aromatic heterocycles. The van der Waals surface area contributed by atoms with Crippen molar-refractivity contribution in [1.29, 1.82) is 0 Å². The summed E-state index contributed by atoms with van der Waals surface area (Å²) in [5, 5.41) is 2.20. The lowest BCUT2D eigenvalue weighted by Crippen LogP contribution is -2.38. The summed E-state index contributed by atoms with van der Waals surface area (Å²) in [5.41, 5.74) is 1.39. The first-order valence-electron chi connectivity index (χ1n) is 6.28. The maximum Gasteiger partial charge on any atom is 0.0985 e. The van der Waals surface area contributed by atoms with Gasteiger partial charge in [-0.3, -0.25) is 4.99 Å². The van der Waals surface area contributed by atoms with E-state index < -0.39 is 8.07 Å². The van der Waals surface area contributed by atoms with Crippen LogP contribution in [0, 0.1) is 0 Å². The molecule has 1 aromatic carbocycles. The van der Waals surface area contributed by atoms with Crippen molar-refractivity contribution < 1.29 is 0 Å². The quantitative estimate of drug-likeness (QED) is 0.573. The zero-order valence-corrected chi connectivity index (χ0v) is 14.6. The number of alkyl halides is 1. The second kappa shape index (κ2) is 5.51. The first-order valence-corrected chi connectivity index (χ1v) is 12.1. The van der Waals surface area contributed by atoms with Crippen LogP contribution >= 0.6 is 27.7 Å². The number of rotatable bonds is 4. The molecule has 0 aliphatic carbocycles. The number of halogens is 1. The minimum absolute atomic E-state index is 0.125. The van der Waals surface area contributed by atoms with E-state index in [2.05, 4.69) is 65.9 Å². The normalized spacial score (nSPS) is 24.1. The summed E-state index contributed by atoms with van der Waals surface area (Å²) < 4.78 is 0. The van der Waals surface area contributed by atoms with E-state index in [1.54, 1.807) is 0 Å². The second-order valence-electron chi connectivity index (χ2n) is 6.17. The van der Waals surface area contributed by atoms with E-state index in [9.17, 15) is 0 Å². The Hall–Kier alpha value is -0.0631. The average Bonchev–Trinajstić information content (AvgIpc) is 2.73. The van der Waals surface area contributed by atoms with Gasteiger partial charge in [0, 0.05) is 24.7 Å². The maximum atomic E-state index is 5.06. The molecule has 1 unspecified atom stereocenters. The van der Waals surface area contributed by atoms with Gasteiger partial charge in [-0.15, -0.1) is 11.8 Å². The third-order valence-corrected chi connectivity index (χ3v) is 6.99. The Morgan fingerprint density at radius 2 is 1.94 bits per heavy atom. The number of aliphatic imine (C=N–C) groups is 1. The molecule has 18 heavy (non-hydrogen) atoms. The number of hydrogen-bond donors (Lipinski definition) is 0. The number of thioether (sulfide) groups is 1. The molecule has 2 rings (SSSR count). The van der Waals surface area contributed by atoms with E-state index in [0.29, 0.717) is 0 Å². The largest absolute Gasteiger partial charge is 0.270 e. The highest BCUT2D eigenvalue weighted by Crippen LogP contribution is 2.38. The fourth-order valence-electron chi connectivity index (χ4n) is 2.40. The zero-order chi connectivity index (χ0) is 13.2. The summed E-state index contributed by atoms with van der Waals surface area (Å²) in [4.78, 5) is 5.06. The van der Waals surface area contributed by atoms with Gasteiger partial charge in [0.15, 0.2) is 0 Å². The van der Waals surface area contributed by atoms with E-state index in [1.807, 2.05) is 11.8 Å². The zero-order valence-electron chi connectivity index (χ0n) is 11.2. The van der Waals surface area contributed by atoms with Gasteiger partial charge in [0.25, 0.3) is 0 Å². The Morgan fingerprint density at radius 3 is 2.50 bits per heavy atom. The van der Waals surface area contributed by atoms with Gasteiger partial charge in [0.05, 0.1) is 10.6 Å². The molecule has 1 aliphatic heterocycles. The molecule has 0 fully saturated rings. The van der Waals surface area contributed by atoms with Gasteiger partial charge in [-0.2, -0.15) is 0 Å². The van der Waals surface area contributed by atoms with Gasteiger partial charge in [0.2, 0.25) is 0 Å². The SMILES string of the molecule is C[Si](C)(C)CC1(CBr)CSC(c2ccccc2)=N1. The monoisotopic (exact) mass is 341 g/mol. The Labute approximate surface area is 124 Å². The summed E-state index contributed by atoms with van der Waals surface area (Å²) in [6.45, 7) is 7.29. The lowest BCUT2D eigenvalue weighted by molar-refractivity contribution is 0.610. The Kier molecular flexibility index (Phi) is 4.39. The Morgan fingerprint density at radius 1 is 1.28 bits per heavy atom. The molecule has 1 aromatic rings. The van der Waals surface area contributed by atoms with Crippen LogP contribution in [0.1, 0.15) is 5.56 Å². The van der Waals surface area contributed by atoms with E-state index in [1.165, 1.54) is 16.7 Å². The number of nitrogens with zero attached hydrogens (tertiary/aromatic N) is 1. The van der Waals surface area contributed by atoms with Gasteiger partial charge in [0.1, 0.15) is 0 Å². The summed E-state index contributed by atoms with van der Waals surface area (Å²) in [6, 6.07) is 11.8. The third kappa shape index (κ3) is 3.49. The van der Waals surface area contributed by atoms with Gasteiger partial charge in [-0.05, 0) is 6.04 Å². The fraction of sp³-hybridized carbons (Fsp3) is 0.500. The minimum atomic E-state index is -1.10. The molecule has 0 bridgehead atoms. The van der Waals surface area contributed by atoms with Gasteiger partial charge < -0.3 is 0 Å². The van der Waals surface area contributed by atoms with E-state index in [4.69, 9.17) is 4.99 Å². The van der Waals surface area contributed by atoms with Crippen molar-refractivity contribution in [2.75, 3.05) is 11.1 Å². The molecular weight excluding hydrogens is 322 g/mol. The van der Waals surface area contributed by atoms with Crippen LogP contribution in [-0.2, 0) is 0 Å². The van der Waals surface area contributed by atoms with Crippen molar-refractivity contribution in [1.82, 2.24) is 0 Å². The van der Waals surface area contributed by atoms with Crippen molar-refractivity contribution in [3.05, 3.63) is 35.9 Å². The topological polar surface area (TPSA) is 12.4 Å². The maximum absolute atomic E-state index is 5.06. The van der Waals surface area contributed by atoms with Crippen LogP contribution in [0.4, 0.5) is 0 Å². The molecule has 0 N–H and O–H groups in total. The lowest BCUT2D eigenvalue weighted by Gasteiger charge is -2.29. The molecular formula is C14H20BrNSSi. The molecule has 0 saturated carbocycles. The van der Waals surface area contributed by atoms with E-state index >= 15 is 0 Å². The van der Waals surface area contributed by atoms with Crippen LogP contribution in [0.15, 0.2) is 35.3 Å². The second-order valence-corrected chi connectivity index (χ2v) is 13.2. The van der Waals surface area contributed by atoms with Crippen LogP contribution < -0.4 is 0 Å². The number of benzene rings is 1. The van der Waals surface area contributed by atoms with E-state index in [0.717, 1.165) is 11.1 Å². The van der Waals surface area contributed by atoms with E-state index in [-0.39, 0.29) is 5.54 Å². The van der Waals surface area contributed by atoms with Crippen molar-refractivity contribution in [2.45, 2.75) is 31.2 Å². The van der Waals surface area contributed by atoms with Crippen LogP contribution in [-0.4, -0.2) is 29.7 Å². The Balaban J connectivity index is 2.24. The predicted octanol–water partition coefficient (Wildman–Crippen LogP) is 4.65. The van der Waals surface area contributed by atoms with Crippen molar-refractivity contribution in [2.24, 2.45) is 4.99 Å². The van der Waals surface area contributed by atoms with Crippen molar-refractivity contribution >= 4 is 40.8 Å². The van der Waals surface area contributed by atoms with Gasteiger partial charge in [-0.25, -0.2) is 0 Å². The van der Waals surface area contributed by atoms with Crippen molar-refractivity contribution in [3.8, 4) is 0 Å². The average molecular weight is 342 g/mol. The summed E-state index contributed by atoms with van der Waals surface area (Å²) >= 11 is 5.60. The molecule has 1 aliphatic rings. The first-order chi connectivity index (χ1) is 8.44. The molecule has 0 spiro atoms. The van der Waals surface area contributed by atoms with Gasteiger partial charge in [-0.1, -0.05) is 65.9 Å². The van der Waals surface area contributed by atoms with Gasteiger partial charge >= 0.3 is 0 Å². The van der Waals surface area contributed by atoms with Crippen LogP contribution in [0.25, 0.3) is 0 Å². The summed E-state index contributed by atoms with van der Waals surface area (Å²) in [7, 11) is -1.10. The third-order valence-electron chi connectivity index (χ3n) is 2.95. The van der Waals surface area contributed by atoms with Crippen LogP contribution in [0.5, 0.6) is 0 Å². The summed E-state index contributed by atoms with van der Waals surface area (Å²) in [6.07, 6.45) is 0. The summed E-state index contributed by atoms with van der Waals surface area (Å²) in [5.74, 6) is 1.12. The van der Waals surface area contributed by atoms with Crippen LogP contribution in [0.2, 0.25) is 25.7 Å². The minimum Gasteiger partial charge on any atom is -0.270 e. The first kappa shape index (κ1) is 14.3. The smallest absolute Gasteiger partial charge is 0.0985 e. The predicted molar refractivity (Wildman–Crippen MR) is 90.1 cm³/mol. The molecule has 1 atom stereocenters. The highest BCUT2D eigenvalue weighted by atomic mass is 79.9. The number of hydrogen-bond acceptors (Lipinski definition) is 2. The highest BCUT2D eigenvalue weighted by Gasteiger charge is 2.38. The molecule has 1 nitrogen and oxygen atoms in total. The molecule has 0 saturated heterocycles. The molecule has 98 valence electrons.